The number of anilines is 1. The first-order valence-corrected chi connectivity index (χ1v) is 9.54. The Hall–Kier alpha value is -1.79. The molecule has 0 unspecified atom stereocenters. The van der Waals surface area contributed by atoms with Gasteiger partial charge in [-0.1, -0.05) is 0 Å². The molecular weight excluding hydrogens is 332 g/mol. The zero-order valence-corrected chi connectivity index (χ0v) is 15.5. The molecule has 6 nitrogen and oxygen atoms in total. The standard InChI is InChI=1S/C20H26N2O4/c1-10(23)21-13-9-16(25-3)18-17-11(13)8-14-12-4-5-15(24)19(26-18)20(12,17)6-7-22(14)2/h9,12,14-15,19,24H,4-8H2,1-3H3,(H,21,23)/t12-,14+,15-,19-,20-/m0/s1. The Kier molecular flexibility index (Phi) is 3.38. The molecular formula is C20H26N2O4. The maximum Gasteiger partial charge on any atom is 0.221 e. The van der Waals surface area contributed by atoms with Crippen LogP contribution in [0.1, 0.15) is 37.3 Å². The number of piperidine rings is 1. The number of hydrogen-bond acceptors (Lipinski definition) is 5. The highest BCUT2D eigenvalue weighted by atomic mass is 16.5. The molecule has 5 rings (SSSR count). The fourth-order valence-electron chi connectivity index (χ4n) is 6.23. The second-order valence-corrected chi connectivity index (χ2v) is 8.32. The molecule has 1 saturated heterocycles. The summed E-state index contributed by atoms with van der Waals surface area (Å²) in [7, 11) is 3.83. The van der Waals surface area contributed by atoms with Crippen molar-refractivity contribution < 1.29 is 19.4 Å². The van der Waals surface area contributed by atoms with E-state index in [0.717, 1.165) is 43.7 Å². The van der Waals surface area contributed by atoms with Gasteiger partial charge in [0, 0.05) is 35.7 Å². The highest BCUT2D eigenvalue weighted by Crippen LogP contribution is 2.64. The van der Waals surface area contributed by atoms with Crippen LogP contribution in [0.25, 0.3) is 0 Å². The van der Waals surface area contributed by atoms with Crippen LogP contribution in [0.3, 0.4) is 0 Å². The van der Waals surface area contributed by atoms with Crippen LogP contribution in [-0.2, 0) is 16.6 Å². The lowest BCUT2D eigenvalue weighted by Gasteiger charge is -2.58. The van der Waals surface area contributed by atoms with Gasteiger partial charge in [0.05, 0.1) is 13.2 Å². The van der Waals surface area contributed by atoms with E-state index < -0.39 is 6.10 Å². The number of carbonyl (C=O) groups excluding carboxylic acids is 1. The summed E-state index contributed by atoms with van der Waals surface area (Å²) < 4.78 is 12.0. The average molecular weight is 358 g/mol. The molecule has 2 aliphatic heterocycles. The molecule has 1 spiro atoms. The molecule has 4 aliphatic rings. The minimum absolute atomic E-state index is 0.0828. The second kappa shape index (κ2) is 5.36. The van der Waals surface area contributed by atoms with Crippen molar-refractivity contribution in [1.82, 2.24) is 4.90 Å². The topological polar surface area (TPSA) is 71.0 Å². The van der Waals surface area contributed by atoms with Crippen LogP contribution < -0.4 is 14.8 Å². The fourth-order valence-corrected chi connectivity index (χ4v) is 6.23. The van der Waals surface area contributed by atoms with E-state index in [2.05, 4.69) is 17.3 Å². The number of likely N-dealkylation sites (tertiary alicyclic amines) is 1. The van der Waals surface area contributed by atoms with Crippen LogP contribution in [-0.4, -0.2) is 54.9 Å². The first-order chi connectivity index (χ1) is 12.5. The van der Waals surface area contributed by atoms with Gasteiger partial charge in [-0.25, -0.2) is 0 Å². The second-order valence-electron chi connectivity index (χ2n) is 8.32. The molecule has 1 amide bonds. The predicted octanol–water partition coefficient (Wildman–Crippen LogP) is 1.68. The number of ether oxygens (including phenoxy) is 2. The maximum atomic E-state index is 11.8. The summed E-state index contributed by atoms with van der Waals surface area (Å²) >= 11 is 0. The lowest BCUT2D eigenvalue weighted by Crippen LogP contribution is -2.66. The summed E-state index contributed by atoms with van der Waals surface area (Å²) in [5, 5.41) is 13.8. The molecule has 26 heavy (non-hydrogen) atoms. The van der Waals surface area contributed by atoms with Gasteiger partial charge in [-0.05, 0) is 50.8 Å². The molecule has 2 fully saturated rings. The van der Waals surface area contributed by atoms with Gasteiger partial charge in [0.15, 0.2) is 11.5 Å². The van der Waals surface area contributed by atoms with Crippen molar-refractivity contribution in [3.05, 3.63) is 17.2 Å². The van der Waals surface area contributed by atoms with E-state index in [1.807, 2.05) is 6.07 Å². The fraction of sp³-hybridized carbons (Fsp3) is 0.650. The minimum Gasteiger partial charge on any atom is -0.493 e. The van der Waals surface area contributed by atoms with E-state index in [1.54, 1.807) is 7.11 Å². The third-order valence-electron chi connectivity index (χ3n) is 7.21. The quantitative estimate of drug-likeness (QED) is 0.842. The van der Waals surface area contributed by atoms with Crippen molar-refractivity contribution in [1.29, 1.82) is 0 Å². The number of nitrogens with one attached hydrogen (secondary N) is 1. The van der Waals surface area contributed by atoms with Gasteiger partial charge >= 0.3 is 0 Å². The Morgan fingerprint density at radius 3 is 3.00 bits per heavy atom. The number of aliphatic hydroxyl groups excluding tert-OH is 1. The number of likely N-dealkylation sites (N-methyl/N-ethyl adjacent to an activating group) is 1. The van der Waals surface area contributed by atoms with Gasteiger partial charge in [-0.3, -0.25) is 4.79 Å². The Labute approximate surface area is 153 Å². The summed E-state index contributed by atoms with van der Waals surface area (Å²) in [6, 6.07) is 2.30. The number of carbonyl (C=O) groups is 1. The van der Waals surface area contributed by atoms with E-state index in [0.29, 0.717) is 17.7 Å². The zero-order valence-electron chi connectivity index (χ0n) is 15.5. The average Bonchev–Trinajstić information content (AvgIpc) is 2.95. The van der Waals surface area contributed by atoms with Crippen molar-refractivity contribution in [3.8, 4) is 11.5 Å². The van der Waals surface area contributed by atoms with E-state index in [4.69, 9.17) is 9.47 Å². The number of methoxy groups -OCH3 is 1. The molecule has 0 radical (unpaired) electrons. The Morgan fingerprint density at radius 1 is 1.46 bits per heavy atom. The summed E-state index contributed by atoms with van der Waals surface area (Å²) in [5.74, 6) is 1.83. The number of amides is 1. The number of nitrogens with zero attached hydrogens (tertiary/aromatic N) is 1. The van der Waals surface area contributed by atoms with Crippen LogP contribution >= 0.6 is 0 Å². The number of benzene rings is 1. The smallest absolute Gasteiger partial charge is 0.221 e. The maximum absolute atomic E-state index is 11.8. The Morgan fingerprint density at radius 2 is 2.27 bits per heavy atom. The van der Waals surface area contributed by atoms with Gasteiger partial charge in [0.25, 0.3) is 0 Å². The molecule has 1 saturated carbocycles. The van der Waals surface area contributed by atoms with Gasteiger partial charge in [-0.15, -0.1) is 0 Å². The molecule has 0 aromatic heterocycles. The monoisotopic (exact) mass is 358 g/mol. The van der Waals surface area contributed by atoms with Crippen molar-refractivity contribution >= 4 is 11.6 Å². The predicted molar refractivity (Wildman–Crippen MR) is 96.9 cm³/mol. The molecule has 1 aromatic carbocycles. The van der Waals surface area contributed by atoms with Crippen LogP contribution in [0.2, 0.25) is 0 Å². The van der Waals surface area contributed by atoms with Crippen LogP contribution in [0.15, 0.2) is 6.07 Å². The molecule has 1 aromatic rings. The number of aliphatic hydroxyl groups is 1. The highest BCUT2D eigenvalue weighted by Gasteiger charge is 2.65. The lowest BCUT2D eigenvalue weighted by atomic mass is 9.51. The Balaban J connectivity index is 1.79. The van der Waals surface area contributed by atoms with Crippen LogP contribution in [0.4, 0.5) is 5.69 Å². The first kappa shape index (κ1) is 16.4. The van der Waals surface area contributed by atoms with Crippen molar-refractivity contribution in [2.75, 3.05) is 26.0 Å². The SMILES string of the molecule is COc1cc(NC(C)=O)c2c3c1O[C@H]1[C@@H](O)CC[C@H]4[C@@H](C2)N(C)CC[C@@]341. The molecule has 2 bridgehead atoms. The molecule has 2 aliphatic carbocycles. The zero-order chi connectivity index (χ0) is 18.2. The van der Waals surface area contributed by atoms with Gasteiger partial charge in [-0.2, -0.15) is 0 Å². The number of hydrogen-bond donors (Lipinski definition) is 2. The largest absolute Gasteiger partial charge is 0.493 e. The van der Waals surface area contributed by atoms with Gasteiger partial charge in [0.1, 0.15) is 6.10 Å². The lowest BCUT2D eigenvalue weighted by molar-refractivity contribution is -0.114. The van der Waals surface area contributed by atoms with Crippen molar-refractivity contribution in [2.45, 2.75) is 56.3 Å². The molecule has 6 heteroatoms. The van der Waals surface area contributed by atoms with Gasteiger partial charge < -0.3 is 24.8 Å². The summed E-state index contributed by atoms with van der Waals surface area (Å²) in [6.07, 6.45) is 3.00. The Bertz CT molecular complexity index is 795. The normalized spacial score (nSPS) is 36.9. The van der Waals surface area contributed by atoms with E-state index >= 15 is 0 Å². The molecule has 2 N–H and O–H groups in total. The molecule has 140 valence electrons. The van der Waals surface area contributed by atoms with Crippen molar-refractivity contribution in [2.24, 2.45) is 5.92 Å². The summed E-state index contributed by atoms with van der Waals surface area (Å²) in [5.41, 5.74) is 3.02. The van der Waals surface area contributed by atoms with E-state index in [9.17, 15) is 9.90 Å². The molecule has 2 heterocycles. The van der Waals surface area contributed by atoms with Crippen LogP contribution in [0.5, 0.6) is 11.5 Å². The third kappa shape index (κ3) is 1.86. The highest BCUT2D eigenvalue weighted by molar-refractivity contribution is 5.91. The van der Waals surface area contributed by atoms with E-state index in [1.165, 1.54) is 18.1 Å². The summed E-state index contributed by atoms with van der Waals surface area (Å²) in [6.45, 7) is 2.53. The van der Waals surface area contributed by atoms with Crippen LogP contribution in [0, 0.1) is 5.92 Å². The summed E-state index contributed by atoms with van der Waals surface area (Å²) in [4.78, 5) is 14.3. The van der Waals surface area contributed by atoms with Gasteiger partial charge in [0.2, 0.25) is 5.91 Å². The molecule has 5 atom stereocenters. The first-order valence-electron chi connectivity index (χ1n) is 9.54. The minimum atomic E-state index is -0.456. The number of rotatable bonds is 2. The van der Waals surface area contributed by atoms with E-state index in [-0.39, 0.29) is 17.4 Å². The third-order valence-corrected chi connectivity index (χ3v) is 7.21. The van der Waals surface area contributed by atoms with Crippen molar-refractivity contribution in [3.63, 3.8) is 0 Å².